The molecule has 3 N–H and O–H groups in total. The standard InChI is InChI=1S/C25H27N3O4/c1-16(2)22(28-23(29)20-8-5-4-7-17(20)3)25(31)26-15-18-10-12-19(13-11-18)27-24(30)21-9-6-14-32-21/h4-14,16,22H,15H2,1-3H3,(H,26,31)(H,27,30)(H,28,29)/t22-/m0/s1. The average molecular weight is 434 g/mol. The van der Waals surface area contributed by atoms with Gasteiger partial charge in [-0.25, -0.2) is 0 Å². The maximum atomic E-state index is 12.8. The first-order valence-electron chi connectivity index (χ1n) is 10.4. The van der Waals surface area contributed by atoms with Crippen LogP contribution in [-0.2, 0) is 11.3 Å². The number of nitrogens with one attached hydrogen (secondary N) is 3. The number of hydrogen-bond donors (Lipinski definition) is 3. The van der Waals surface area contributed by atoms with Crippen molar-refractivity contribution in [3.63, 3.8) is 0 Å². The van der Waals surface area contributed by atoms with Crippen molar-refractivity contribution in [2.24, 2.45) is 5.92 Å². The van der Waals surface area contributed by atoms with Crippen LogP contribution in [0.25, 0.3) is 0 Å². The number of hydrogen-bond acceptors (Lipinski definition) is 4. The Hall–Kier alpha value is -3.87. The van der Waals surface area contributed by atoms with Crippen molar-refractivity contribution in [3.8, 4) is 0 Å². The number of rotatable bonds is 8. The van der Waals surface area contributed by atoms with E-state index in [2.05, 4.69) is 16.0 Å². The van der Waals surface area contributed by atoms with E-state index in [9.17, 15) is 14.4 Å². The van der Waals surface area contributed by atoms with Gasteiger partial charge in [0.15, 0.2) is 5.76 Å². The van der Waals surface area contributed by atoms with Crippen molar-refractivity contribution in [1.29, 1.82) is 0 Å². The highest BCUT2D eigenvalue weighted by molar-refractivity contribution is 6.02. The largest absolute Gasteiger partial charge is 0.459 e. The van der Waals surface area contributed by atoms with Gasteiger partial charge in [-0.15, -0.1) is 0 Å². The molecule has 0 unspecified atom stereocenters. The molecule has 3 rings (SSSR count). The molecule has 0 spiro atoms. The topological polar surface area (TPSA) is 100 Å². The molecule has 166 valence electrons. The summed E-state index contributed by atoms with van der Waals surface area (Å²) in [6, 6.07) is 17.0. The van der Waals surface area contributed by atoms with Crippen molar-refractivity contribution in [2.45, 2.75) is 33.4 Å². The van der Waals surface area contributed by atoms with Crippen LogP contribution < -0.4 is 16.0 Å². The molecular formula is C25H27N3O4. The molecule has 7 heteroatoms. The zero-order valence-electron chi connectivity index (χ0n) is 18.3. The smallest absolute Gasteiger partial charge is 0.291 e. The first-order chi connectivity index (χ1) is 15.3. The Morgan fingerprint density at radius 2 is 1.62 bits per heavy atom. The summed E-state index contributed by atoms with van der Waals surface area (Å²) in [6.07, 6.45) is 1.44. The summed E-state index contributed by atoms with van der Waals surface area (Å²) in [7, 11) is 0. The molecule has 3 amide bonds. The lowest BCUT2D eigenvalue weighted by Gasteiger charge is -2.22. The minimum Gasteiger partial charge on any atom is -0.459 e. The molecule has 1 heterocycles. The Morgan fingerprint density at radius 3 is 2.25 bits per heavy atom. The summed E-state index contributed by atoms with van der Waals surface area (Å²) in [5.74, 6) is -0.707. The fraction of sp³-hybridized carbons (Fsp3) is 0.240. The third-order valence-electron chi connectivity index (χ3n) is 5.05. The van der Waals surface area contributed by atoms with Gasteiger partial charge in [0.2, 0.25) is 5.91 Å². The zero-order chi connectivity index (χ0) is 23.1. The van der Waals surface area contributed by atoms with Crippen LogP contribution in [0.2, 0.25) is 0 Å². The summed E-state index contributed by atoms with van der Waals surface area (Å²) in [5, 5.41) is 8.47. The molecule has 0 radical (unpaired) electrons. The maximum absolute atomic E-state index is 12.8. The molecule has 2 aromatic carbocycles. The average Bonchev–Trinajstić information content (AvgIpc) is 3.32. The van der Waals surface area contributed by atoms with E-state index in [0.717, 1.165) is 11.1 Å². The highest BCUT2D eigenvalue weighted by Crippen LogP contribution is 2.13. The second kappa shape index (κ2) is 10.4. The maximum Gasteiger partial charge on any atom is 0.291 e. The molecule has 3 aromatic rings. The van der Waals surface area contributed by atoms with Crippen molar-refractivity contribution in [2.75, 3.05) is 5.32 Å². The van der Waals surface area contributed by atoms with E-state index in [1.165, 1.54) is 6.26 Å². The number of carbonyl (C=O) groups excluding carboxylic acids is 3. The first kappa shape index (κ1) is 22.8. The summed E-state index contributed by atoms with van der Waals surface area (Å²) < 4.78 is 5.07. The SMILES string of the molecule is Cc1ccccc1C(=O)N[C@H](C(=O)NCc1ccc(NC(=O)c2ccco2)cc1)C(C)C. The van der Waals surface area contributed by atoms with Crippen LogP contribution in [-0.4, -0.2) is 23.8 Å². The third-order valence-corrected chi connectivity index (χ3v) is 5.05. The normalized spacial score (nSPS) is 11.6. The van der Waals surface area contributed by atoms with E-state index in [1.807, 2.05) is 45.0 Å². The number of aryl methyl sites for hydroxylation is 1. The number of amides is 3. The van der Waals surface area contributed by atoms with Gasteiger partial charge < -0.3 is 20.4 Å². The summed E-state index contributed by atoms with van der Waals surface area (Å²) >= 11 is 0. The zero-order valence-corrected chi connectivity index (χ0v) is 18.3. The van der Waals surface area contributed by atoms with Crippen LogP contribution in [0, 0.1) is 12.8 Å². The Morgan fingerprint density at radius 1 is 0.906 bits per heavy atom. The van der Waals surface area contributed by atoms with Gasteiger partial charge in [-0.05, 0) is 54.3 Å². The van der Waals surface area contributed by atoms with Crippen LogP contribution in [0.1, 0.15) is 45.9 Å². The number of benzene rings is 2. The van der Waals surface area contributed by atoms with Gasteiger partial charge in [0.1, 0.15) is 6.04 Å². The van der Waals surface area contributed by atoms with E-state index in [4.69, 9.17) is 4.42 Å². The van der Waals surface area contributed by atoms with Crippen molar-refractivity contribution < 1.29 is 18.8 Å². The quantitative estimate of drug-likeness (QED) is 0.501. The summed E-state index contributed by atoms with van der Waals surface area (Å²) in [4.78, 5) is 37.4. The Kier molecular flexibility index (Phi) is 7.44. The summed E-state index contributed by atoms with van der Waals surface area (Å²) in [6.45, 7) is 5.94. The van der Waals surface area contributed by atoms with Crippen molar-refractivity contribution in [3.05, 3.63) is 89.4 Å². The van der Waals surface area contributed by atoms with Gasteiger partial charge in [-0.1, -0.05) is 44.2 Å². The molecule has 0 fully saturated rings. The molecule has 0 saturated heterocycles. The molecule has 7 nitrogen and oxygen atoms in total. The molecule has 0 saturated carbocycles. The van der Waals surface area contributed by atoms with Crippen LogP contribution in [0.3, 0.4) is 0 Å². The van der Waals surface area contributed by atoms with Gasteiger partial charge in [-0.2, -0.15) is 0 Å². The second-order valence-electron chi connectivity index (χ2n) is 7.86. The second-order valence-corrected chi connectivity index (χ2v) is 7.86. The molecule has 0 aliphatic heterocycles. The molecule has 0 aliphatic rings. The molecule has 1 aromatic heterocycles. The molecule has 0 bridgehead atoms. The van der Waals surface area contributed by atoms with Gasteiger partial charge >= 0.3 is 0 Å². The number of anilines is 1. The minimum atomic E-state index is -0.658. The van der Waals surface area contributed by atoms with E-state index in [-0.39, 0.29) is 29.4 Å². The van der Waals surface area contributed by atoms with E-state index < -0.39 is 6.04 Å². The van der Waals surface area contributed by atoms with Gasteiger partial charge in [0.25, 0.3) is 11.8 Å². The Bertz CT molecular complexity index is 1070. The molecular weight excluding hydrogens is 406 g/mol. The Balaban J connectivity index is 1.56. The van der Waals surface area contributed by atoms with Crippen LogP contribution in [0.4, 0.5) is 5.69 Å². The lowest BCUT2D eigenvalue weighted by atomic mass is 10.0. The fourth-order valence-electron chi connectivity index (χ4n) is 3.19. The third kappa shape index (κ3) is 5.85. The fourth-order valence-corrected chi connectivity index (χ4v) is 3.19. The van der Waals surface area contributed by atoms with Gasteiger partial charge in [0.05, 0.1) is 6.26 Å². The summed E-state index contributed by atoms with van der Waals surface area (Å²) in [5.41, 5.74) is 2.89. The van der Waals surface area contributed by atoms with E-state index in [1.54, 1.807) is 36.4 Å². The molecule has 0 aliphatic carbocycles. The molecule has 32 heavy (non-hydrogen) atoms. The lowest BCUT2D eigenvalue weighted by molar-refractivity contribution is -0.124. The minimum absolute atomic E-state index is 0.0813. The first-order valence-corrected chi connectivity index (χ1v) is 10.4. The van der Waals surface area contributed by atoms with E-state index in [0.29, 0.717) is 17.8 Å². The highest BCUT2D eigenvalue weighted by atomic mass is 16.3. The Labute approximate surface area is 187 Å². The number of furan rings is 1. The number of carbonyl (C=O) groups is 3. The van der Waals surface area contributed by atoms with Crippen molar-refractivity contribution >= 4 is 23.4 Å². The van der Waals surface area contributed by atoms with Gasteiger partial charge in [0, 0.05) is 17.8 Å². The molecule has 1 atom stereocenters. The predicted octanol–water partition coefficient (Wildman–Crippen LogP) is 3.91. The van der Waals surface area contributed by atoms with E-state index >= 15 is 0 Å². The van der Waals surface area contributed by atoms with Crippen LogP contribution in [0.5, 0.6) is 0 Å². The highest BCUT2D eigenvalue weighted by Gasteiger charge is 2.25. The van der Waals surface area contributed by atoms with Gasteiger partial charge in [-0.3, -0.25) is 14.4 Å². The van der Waals surface area contributed by atoms with Crippen LogP contribution in [0.15, 0.2) is 71.3 Å². The monoisotopic (exact) mass is 433 g/mol. The van der Waals surface area contributed by atoms with Crippen LogP contribution >= 0.6 is 0 Å². The van der Waals surface area contributed by atoms with Crippen molar-refractivity contribution in [1.82, 2.24) is 10.6 Å². The predicted molar refractivity (Wildman–Crippen MR) is 122 cm³/mol. The lowest BCUT2D eigenvalue weighted by Crippen LogP contribution is -2.49.